The van der Waals surface area contributed by atoms with Crippen LogP contribution in [-0.4, -0.2) is 10.7 Å². The van der Waals surface area contributed by atoms with Crippen molar-refractivity contribution in [3.8, 4) is 0 Å². The van der Waals surface area contributed by atoms with Gasteiger partial charge in [-0.1, -0.05) is 6.92 Å². The zero-order valence-electron chi connectivity index (χ0n) is 7.79. The monoisotopic (exact) mass is 215 g/mol. The Kier molecular flexibility index (Phi) is 3.08. The van der Waals surface area contributed by atoms with Crippen LogP contribution < -0.4 is 0 Å². The molecule has 0 aliphatic rings. The van der Waals surface area contributed by atoms with Crippen LogP contribution >= 0.6 is 0 Å². The van der Waals surface area contributed by atoms with Crippen LogP contribution in [0, 0.1) is 21.7 Å². The minimum Gasteiger partial charge on any atom is -0.294 e. The second-order valence-corrected chi connectivity index (χ2v) is 2.82. The van der Waals surface area contributed by atoms with Gasteiger partial charge >= 0.3 is 0 Å². The number of ketones is 1. The normalized spacial score (nSPS) is 10.1. The minimum absolute atomic E-state index is 0.00802. The van der Waals surface area contributed by atoms with Gasteiger partial charge in [0.1, 0.15) is 0 Å². The zero-order chi connectivity index (χ0) is 11.6. The Morgan fingerprint density at radius 1 is 1.40 bits per heavy atom. The lowest BCUT2D eigenvalue weighted by atomic mass is 10.1. The first-order valence-corrected chi connectivity index (χ1v) is 4.14. The molecule has 1 aromatic rings. The summed E-state index contributed by atoms with van der Waals surface area (Å²) in [6.07, 6.45) is -0.00802. The Labute approximate surface area is 83.7 Å². The van der Waals surface area contributed by atoms with Gasteiger partial charge in [0.2, 0.25) is 0 Å². The lowest BCUT2D eigenvalue weighted by Gasteiger charge is -2.01. The molecule has 0 bridgehead atoms. The lowest BCUT2D eigenvalue weighted by molar-refractivity contribution is -0.385. The summed E-state index contributed by atoms with van der Waals surface area (Å²) in [5, 5.41) is 10.5. The number of hydrogen-bond donors (Lipinski definition) is 0. The average molecular weight is 215 g/mol. The predicted octanol–water partition coefficient (Wildman–Crippen LogP) is 2.47. The largest absolute Gasteiger partial charge is 0.294 e. The fourth-order valence-electron chi connectivity index (χ4n) is 1.10. The molecule has 0 unspecified atom stereocenters. The summed E-state index contributed by atoms with van der Waals surface area (Å²) in [5.41, 5.74) is -1.11. The summed E-state index contributed by atoms with van der Waals surface area (Å²) in [7, 11) is 0. The highest BCUT2D eigenvalue weighted by atomic mass is 19.2. The van der Waals surface area contributed by atoms with E-state index in [9.17, 15) is 23.7 Å². The van der Waals surface area contributed by atoms with E-state index in [1.165, 1.54) is 6.92 Å². The van der Waals surface area contributed by atoms with Crippen molar-refractivity contribution in [2.75, 3.05) is 0 Å². The van der Waals surface area contributed by atoms with E-state index in [0.717, 1.165) is 0 Å². The van der Waals surface area contributed by atoms with Gasteiger partial charge in [0.15, 0.2) is 17.4 Å². The number of nitro benzene ring substituents is 1. The summed E-state index contributed by atoms with van der Waals surface area (Å²) in [4.78, 5) is 20.8. The molecule has 0 heterocycles. The molecular formula is C9H7F2NO3. The van der Waals surface area contributed by atoms with Crippen molar-refractivity contribution < 1.29 is 18.5 Å². The van der Waals surface area contributed by atoms with E-state index >= 15 is 0 Å². The van der Waals surface area contributed by atoms with Gasteiger partial charge in [0.05, 0.1) is 16.6 Å². The van der Waals surface area contributed by atoms with E-state index in [-0.39, 0.29) is 6.42 Å². The van der Waals surface area contributed by atoms with E-state index in [1.807, 2.05) is 0 Å². The average Bonchev–Trinajstić information content (AvgIpc) is 2.20. The number of benzene rings is 1. The van der Waals surface area contributed by atoms with Crippen LogP contribution in [0.2, 0.25) is 0 Å². The molecule has 1 aromatic carbocycles. The Bertz CT molecular complexity index is 432. The Hall–Kier alpha value is -1.85. The minimum atomic E-state index is -1.34. The molecule has 6 heteroatoms. The number of nitrogens with zero attached hydrogens (tertiary/aromatic N) is 1. The molecule has 0 radical (unpaired) electrons. The summed E-state index contributed by atoms with van der Waals surface area (Å²) in [5.74, 6) is -3.20. The first-order chi connectivity index (χ1) is 6.97. The third-order valence-corrected chi connectivity index (χ3v) is 1.86. The van der Waals surface area contributed by atoms with Gasteiger partial charge in [-0.25, -0.2) is 8.78 Å². The topological polar surface area (TPSA) is 60.2 Å². The fourth-order valence-corrected chi connectivity index (χ4v) is 1.10. The summed E-state index contributed by atoms with van der Waals surface area (Å²) < 4.78 is 25.5. The Morgan fingerprint density at radius 3 is 2.40 bits per heavy atom. The van der Waals surface area contributed by atoms with Gasteiger partial charge in [-0.05, 0) is 6.07 Å². The zero-order valence-corrected chi connectivity index (χ0v) is 7.79. The molecule has 0 saturated heterocycles. The molecule has 15 heavy (non-hydrogen) atoms. The van der Waals surface area contributed by atoms with E-state index in [0.29, 0.717) is 12.1 Å². The van der Waals surface area contributed by atoms with Crippen molar-refractivity contribution in [1.29, 1.82) is 0 Å². The van der Waals surface area contributed by atoms with Crippen LogP contribution in [0.15, 0.2) is 12.1 Å². The molecule has 0 atom stereocenters. The standard InChI is InChI=1S/C9H7F2NO3/c1-2-9(13)5-3-6(10)7(11)4-8(5)12(14)15/h3-4H,2H2,1H3. The van der Waals surface area contributed by atoms with Crippen LogP contribution in [0.5, 0.6) is 0 Å². The van der Waals surface area contributed by atoms with Gasteiger partial charge in [-0.2, -0.15) is 0 Å². The van der Waals surface area contributed by atoms with Crippen molar-refractivity contribution in [3.05, 3.63) is 39.4 Å². The van der Waals surface area contributed by atoms with E-state index < -0.39 is 33.6 Å². The second kappa shape index (κ2) is 4.12. The molecular weight excluding hydrogens is 208 g/mol. The smallest absolute Gasteiger partial charge is 0.283 e. The fraction of sp³-hybridized carbons (Fsp3) is 0.222. The van der Waals surface area contributed by atoms with Crippen molar-refractivity contribution in [1.82, 2.24) is 0 Å². The van der Waals surface area contributed by atoms with Gasteiger partial charge in [-0.15, -0.1) is 0 Å². The van der Waals surface area contributed by atoms with Crippen LogP contribution in [0.4, 0.5) is 14.5 Å². The molecule has 0 spiro atoms. The van der Waals surface area contributed by atoms with Crippen molar-refractivity contribution in [3.63, 3.8) is 0 Å². The van der Waals surface area contributed by atoms with Crippen molar-refractivity contribution in [2.24, 2.45) is 0 Å². The van der Waals surface area contributed by atoms with Crippen molar-refractivity contribution in [2.45, 2.75) is 13.3 Å². The van der Waals surface area contributed by atoms with Crippen LogP contribution in [0.25, 0.3) is 0 Å². The van der Waals surface area contributed by atoms with Gasteiger partial charge in [0, 0.05) is 6.42 Å². The van der Waals surface area contributed by atoms with Crippen LogP contribution in [-0.2, 0) is 0 Å². The first-order valence-electron chi connectivity index (χ1n) is 4.14. The SMILES string of the molecule is CCC(=O)c1cc(F)c(F)cc1[N+](=O)[O-]. The quantitative estimate of drug-likeness (QED) is 0.442. The summed E-state index contributed by atoms with van der Waals surface area (Å²) in [6, 6.07) is 0.970. The van der Waals surface area contributed by atoms with Crippen LogP contribution in [0.3, 0.4) is 0 Å². The molecule has 0 saturated carbocycles. The van der Waals surface area contributed by atoms with E-state index in [1.54, 1.807) is 0 Å². The molecule has 0 aliphatic carbocycles. The number of Topliss-reactive ketones (excluding diaryl/α,β-unsaturated/α-hetero) is 1. The van der Waals surface area contributed by atoms with Gasteiger partial charge < -0.3 is 0 Å². The molecule has 0 N–H and O–H groups in total. The molecule has 1 rings (SSSR count). The second-order valence-electron chi connectivity index (χ2n) is 2.82. The van der Waals surface area contributed by atoms with Gasteiger partial charge in [0.25, 0.3) is 5.69 Å². The van der Waals surface area contributed by atoms with E-state index in [2.05, 4.69) is 0 Å². The maximum atomic E-state index is 12.8. The molecule has 0 aliphatic heterocycles. The highest BCUT2D eigenvalue weighted by molar-refractivity contribution is 5.99. The third kappa shape index (κ3) is 2.15. The number of nitro groups is 1. The number of rotatable bonds is 3. The maximum Gasteiger partial charge on any atom is 0.283 e. The van der Waals surface area contributed by atoms with Crippen LogP contribution in [0.1, 0.15) is 23.7 Å². The number of carbonyl (C=O) groups is 1. The molecule has 80 valence electrons. The van der Waals surface area contributed by atoms with Gasteiger partial charge in [-0.3, -0.25) is 14.9 Å². The lowest BCUT2D eigenvalue weighted by Crippen LogP contribution is -2.04. The predicted molar refractivity (Wildman–Crippen MR) is 47.6 cm³/mol. The highest BCUT2D eigenvalue weighted by Crippen LogP contribution is 2.23. The first kappa shape index (κ1) is 11.2. The highest BCUT2D eigenvalue weighted by Gasteiger charge is 2.22. The third-order valence-electron chi connectivity index (χ3n) is 1.86. The van der Waals surface area contributed by atoms with Crippen molar-refractivity contribution >= 4 is 11.5 Å². The Morgan fingerprint density at radius 2 is 1.93 bits per heavy atom. The summed E-state index contributed by atoms with van der Waals surface area (Å²) >= 11 is 0. The van der Waals surface area contributed by atoms with E-state index in [4.69, 9.17) is 0 Å². The molecule has 4 nitrogen and oxygen atoms in total. The summed E-state index contributed by atoms with van der Waals surface area (Å²) in [6.45, 7) is 1.48. The molecule has 0 fully saturated rings. The number of carbonyl (C=O) groups excluding carboxylic acids is 1. The number of halogens is 2. The Balaban J connectivity index is 3.41. The number of hydrogen-bond acceptors (Lipinski definition) is 3. The maximum absolute atomic E-state index is 12.8. The molecule has 0 aromatic heterocycles. The molecule has 0 amide bonds.